The summed E-state index contributed by atoms with van der Waals surface area (Å²) < 4.78 is 24.5. The molecule has 14 atom stereocenters. The van der Waals surface area contributed by atoms with E-state index in [0.29, 0.717) is 23.3 Å². The molecule has 10 aliphatic rings. The highest BCUT2D eigenvalue weighted by atomic mass is 32.2. The molecular weight excluding hydrogens is 608 g/mol. The second kappa shape index (κ2) is 11.0. The lowest BCUT2D eigenvalue weighted by molar-refractivity contribution is -0.559. The molecule has 0 N–H and O–H groups in total. The third kappa shape index (κ3) is 4.51. The van der Waals surface area contributed by atoms with E-state index in [9.17, 15) is 9.59 Å². The average Bonchev–Trinajstić information content (AvgIpc) is 3.36. The summed E-state index contributed by atoms with van der Waals surface area (Å²) >= 11 is 3.54. The first-order chi connectivity index (χ1) is 21.1. The quantitative estimate of drug-likeness (QED) is 0.204. The number of carbonyl (C=O) groups is 2. The second-order valence-electron chi connectivity index (χ2n) is 15.1. The van der Waals surface area contributed by atoms with Gasteiger partial charge in [-0.15, -0.1) is 0 Å². The van der Waals surface area contributed by atoms with E-state index in [1.54, 1.807) is 23.5 Å². The van der Waals surface area contributed by atoms with E-state index in [1.165, 1.54) is 0 Å². The standard InChI is InChI=1S/C32H46O10S2/c1-17-5-7-23-19(25(33)35-27-31(23)21(17)9-11-29(3,37-27)39-41-31)15-43-13-14-44-16-20-24-8-6-18(2)22-10-12-30(4)38-28(36-26(20)34)32(22,24)42-40-30/h17-24,27-28H,5-16H2,1-4H3/t17-,18-,19+,20+,21+,22+,23+,24+,27-,28-,29-,30-,31-,32-/m1/s1. The van der Waals surface area contributed by atoms with Gasteiger partial charge in [-0.3, -0.25) is 9.59 Å². The number of hydrogen-bond donors (Lipinski definition) is 0. The molecule has 0 radical (unpaired) electrons. The van der Waals surface area contributed by atoms with Crippen molar-refractivity contribution in [2.75, 3.05) is 23.0 Å². The van der Waals surface area contributed by atoms with Crippen molar-refractivity contribution in [2.45, 2.75) is 114 Å². The van der Waals surface area contributed by atoms with E-state index < -0.39 is 35.4 Å². The largest absolute Gasteiger partial charge is 0.432 e. The van der Waals surface area contributed by atoms with E-state index in [4.69, 9.17) is 38.5 Å². The molecule has 2 saturated carbocycles. The van der Waals surface area contributed by atoms with Gasteiger partial charge < -0.3 is 18.9 Å². The predicted molar refractivity (Wildman–Crippen MR) is 159 cm³/mol. The van der Waals surface area contributed by atoms with E-state index in [-0.39, 0.29) is 47.4 Å². The summed E-state index contributed by atoms with van der Waals surface area (Å²) in [6, 6.07) is 0. The molecule has 8 aliphatic heterocycles. The molecule has 0 unspecified atom stereocenters. The van der Waals surface area contributed by atoms with Crippen molar-refractivity contribution < 1.29 is 48.1 Å². The van der Waals surface area contributed by atoms with E-state index >= 15 is 0 Å². The highest BCUT2D eigenvalue weighted by Crippen LogP contribution is 2.61. The van der Waals surface area contributed by atoms with Crippen molar-refractivity contribution in [1.29, 1.82) is 0 Å². The van der Waals surface area contributed by atoms with Crippen LogP contribution >= 0.6 is 23.5 Å². The molecule has 0 aromatic rings. The fourth-order valence-corrected chi connectivity index (χ4v) is 12.7. The van der Waals surface area contributed by atoms with E-state index in [2.05, 4.69) is 13.8 Å². The third-order valence-corrected chi connectivity index (χ3v) is 15.0. The molecule has 12 heteroatoms. The van der Waals surface area contributed by atoms with Gasteiger partial charge in [0.05, 0.1) is 11.8 Å². The zero-order chi connectivity index (χ0) is 30.5. The predicted octanol–water partition coefficient (Wildman–Crippen LogP) is 5.23. The van der Waals surface area contributed by atoms with Gasteiger partial charge in [0, 0.05) is 59.5 Å². The Morgan fingerprint density at radius 2 is 1.05 bits per heavy atom. The van der Waals surface area contributed by atoms with Crippen molar-refractivity contribution in [3.8, 4) is 0 Å². The van der Waals surface area contributed by atoms with Gasteiger partial charge in [-0.05, 0) is 64.2 Å². The van der Waals surface area contributed by atoms with E-state index in [1.807, 2.05) is 13.8 Å². The molecular formula is C32H46O10S2. The maximum absolute atomic E-state index is 13.3. The molecule has 0 amide bonds. The van der Waals surface area contributed by atoms with Gasteiger partial charge in [-0.2, -0.15) is 23.5 Å². The summed E-state index contributed by atoms with van der Waals surface area (Å²) in [5, 5.41) is 0. The fraction of sp³-hybridized carbons (Fsp3) is 0.938. The molecule has 8 heterocycles. The molecule has 2 spiro atoms. The van der Waals surface area contributed by atoms with Gasteiger partial charge >= 0.3 is 11.9 Å². The third-order valence-electron chi connectivity index (χ3n) is 12.5. The number of carbonyl (C=O) groups excluding carboxylic acids is 2. The normalized spacial score (nSPS) is 54.0. The minimum Gasteiger partial charge on any atom is -0.432 e. The molecule has 0 aromatic carbocycles. The highest BCUT2D eigenvalue weighted by Gasteiger charge is 2.72. The summed E-state index contributed by atoms with van der Waals surface area (Å²) in [5.74, 6) is 1.79. The molecule has 10 fully saturated rings. The molecule has 10 nitrogen and oxygen atoms in total. The number of thioether (sulfide) groups is 2. The van der Waals surface area contributed by atoms with Gasteiger partial charge in [0.25, 0.3) is 0 Å². The van der Waals surface area contributed by atoms with Crippen LogP contribution in [0.2, 0.25) is 0 Å². The molecule has 10 rings (SSSR count). The Kier molecular flexibility index (Phi) is 7.66. The van der Waals surface area contributed by atoms with Crippen LogP contribution < -0.4 is 0 Å². The number of esters is 2. The number of rotatable bonds is 7. The van der Waals surface area contributed by atoms with Crippen molar-refractivity contribution in [3.63, 3.8) is 0 Å². The van der Waals surface area contributed by atoms with Gasteiger partial charge in [0.2, 0.25) is 24.2 Å². The Balaban J connectivity index is 0.891. The van der Waals surface area contributed by atoms with Crippen LogP contribution in [0.4, 0.5) is 0 Å². The molecule has 2 aliphatic carbocycles. The lowest BCUT2D eigenvalue weighted by Crippen LogP contribution is -2.70. The van der Waals surface area contributed by atoms with Crippen LogP contribution in [-0.4, -0.2) is 70.3 Å². The van der Waals surface area contributed by atoms with Crippen LogP contribution in [0.25, 0.3) is 0 Å². The molecule has 0 aromatic heterocycles. The second-order valence-corrected chi connectivity index (χ2v) is 17.4. The van der Waals surface area contributed by atoms with Crippen LogP contribution in [0.5, 0.6) is 0 Å². The molecule has 246 valence electrons. The van der Waals surface area contributed by atoms with Crippen LogP contribution in [0.15, 0.2) is 0 Å². The van der Waals surface area contributed by atoms with Crippen LogP contribution in [0, 0.1) is 47.3 Å². The maximum atomic E-state index is 13.3. The Bertz CT molecular complexity index is 1090. The lowest BCUT2D eigenvalue weighted by Gasteiger charge is -2.58. The van der Waals surface area contributed by atoms with Crippen LogP contribution in [0.3, 0.4) is 0 Å². The number of hydrogen-bond acceptors (Lipinski definition) is 12. The summed E-state index contributed by atoms with van der Waals surface area (Å²) in [4.78, 5) is 50.9. The zero-order valence-electron chi connectivity index (χ0n) is 26.2. The van der Waals surface area contributed by atoms with Crippen molar-refractivity contribution >= 4 is 35.5 Å². The van der Waals surface area contributed by atoms with Crippen LogP contribution in [0.1, 0.15) is 79.1 Å². The zero-order valence-corrected chi connectivity index (χ0v) is 27.8. The Labute approximate surface area is 267 Å². The monoisotopic (exact) mass is 654 g/mol. The van der Waals surface area contributed by atoms with Gasteiger partial charge in [-0.1, -0.05) is 13.8 Å². The van der Waals surface area contributed by atoms with Gasteiger partial charge in [0.1, 0.15) is 0 Å². The smallest absolute Gasteiger partial charge is 0.312 e. The van der Waals surface area contributed by atoms with Crippen molar-refractivity contribution in [3.05, 3.63) is 0 Å². The summed E-state index contributed by atoms with van der Waals surface area (Å²) in [7, 11) is 0. The minimum absolute atomic E-state index is 0.00460. The Hall–Kier alpha value is -0.600. The minimum atomic E-state index is -0.876. The summed E-state index contributed by atoms with van der Waals surface area (Å²) in [6.07, 6.45) is 5.82. The lowest BCUT2D eigenvalue weighted by atomic mass is 9.58. The summed E-state index contributed by atoms with van der Waals surface area (Å²) in [5.41, 5.74) is -1.47. The van der Waals surface area contributed by atoms with Crippen molar-refractivity contribution in [2.24, 2.45) is 47.3 Å². The van der Waals surface area contributed by atoms with Gasteiger partial charge in [0.15, 0.2) is 11.2 Å². The summed E-state index contributed by atoms with van der Waals surface area (Å²) in [6.45, 7) is 8.30. The Morgan fingerprint density at radius 1 is 0.614 bits per heavy atom. The molecule has 44 heavy (non-hydrogen) atoms. The van der Waals surface area contributed by atoms with E-state index in [0.717, 1.165) is 62.9 Å². The topological polar surface area (TPSA) is 108 Å². The van der Waals surface area contributed by atoms with Crippen molar-refractivity contribution in [1.82, 2.24) is 0 Å². The Morgan fingerprint density at radius 3 is 1.48 bits per heavy atom. The number of fused-ring (bicyclic) bond motifs is 4. The first-order valence-electron chi connectivity index (χ1n) is 16.7. The van der Waals surface area contributed by atoms with Gasteiger partial charge in [-0.25, -0.2) is 19.6 Å². The number of ether oxygens (including phenoxy) is 4. The maximum Gasteiger partial charge on any atom is 0.312 e. The first kappa shape index (κ1) is 30.7. The SMILES string of the molecule is C[C@@H]1CC[C@H]2[C@H](CSCCSC[C@@H]3C(=O)O[C@@H]4O[C@@]5(C)CC[C@H]6[C@H](C)CC[C@@H]3[C@@]46OO5)C(=O)O[C@@H]3O[C@@]4(C)CC[C@@H]1[C@]32OO4. The fourth-order valence-electron chi connectivity index (χ4n) is 10.1. The average molecular weight is 655 g/mol. The van der Waals surface area contributed by atoms with Crippen LogP contribution in [-0.2, 0) is 48.1 Å². The highest BCUT2D eigenvalue weighted by molar-refractivity contribution is 8.02. The first-order valence-corrected chi connectivity index (χ1v) is 19.1. The molecule has 8 saturated heterocycles. The molecule has 4 bridgehead atoms.